The fourth-order valence-corrected chi connectivity index (χ4v) is 4.38. The summed E-state index contributed by atoms with van der Waals surface area (Å²) in [6.07, 6.45) is 2.77. The largest absolute Gasteiger partial charge is 0.454 e. The topological polar surface area (TPSA) is 105 Å². The predicted octanol–water partition coefficient (Wildman–Crippen LogP) is 2.65. The number of ether oxygens (including phenoxy) is 1. The molecule has 0 saturated heterocycles. The molecule has 2 aromatic carbocycles. The van der Waals surface area contributed by atoms with E-state index in [0.717, 1.165) is 12.8 Å². The minimum atomic E-state index is -0.967. The highest BCUT2D eigenvalue weighted by Gasteiger charge is 2.52. The summed E-state index contributed by atoms with van der Waals surface area (Å²) in [6, 6.07) is 14.7. The van der Waals surface area contributed by atoms with Gasteiger partial charge in [0.05, 0.1) is 11.4 Å². The Morgan fingerprint density at radius 3 is 2.44 bits per heavy atom. The third kappa shape index (κ3) is 3.95. The van der Waals surface area contributed by atoms with Gasteiger partial charge in [0.1, 0.15) is 11.6 Å². The van der Waals surface area contributed by atoms with E-state index < -0.39 is 36.0 Å². The number of benzene rings is 2. The first kappa shape index (κ1) is 21.5. The molecule has 1 fully saturated rings. The average molecular weight is 435 g/mol. The first-order valence-electron chi connectivity index (χ1n) is 10.7. The van der Waals surface area contributed by atoms with E-state index in [4.69, 9.17) is 4.74 Å². The molecular weight excluding hydrogens is 410 g/mol. The number of fused-ring (bicyclic) bond motifs is 1. The molecule has 3 amide bonds. The van der Waals surface area contributed by atoms with E-state index in [2.05, 4.69) is 10.6 Å². The van der Waals surface area contributed by atoms with Crippen molar-refractivity contribution in [3.8, 4) is 0 Å². The zero-order valence-electron chi connectivity index (χ0n) is 17.8. The van der Waals surface area contributed by atoms with Gasteiger partial charge in [-0.05, 0) is 44.0 Å². The number of anilines is 2. The fourth-order valence-electron chi connectivity index (χ4n) is 4.38. The molecule has 0 radical (unpaired) electrons. The highest BCUT2D eigenvalue weighted by molar-refractivity contribution is 6.15. The zero-order chi connectivity index (χ0) is 22.7. The lowest BCUT2D eigenvalue weighted by Gasteiger charge is -2.44. The smallest absolute Gasteiger partial charge is 0.328 e. The van der Waals surface area contributed by atoms with E-state index in [9.17, 15) is 19.2 Å². The number of nitrogens with zero attached hydrogens (tertiary/aromatic N) is 1. The number of para-hydroxylation sites is 2. The van der Waals surface area contributed by atoms with Gasteiger partial charge < -0.3 is 15.4 Å². The van der Waals surface area contributed by atoms with Gasteiger partial charge >= 0.3 is 5.97 Å². The second-order valence-electron chi connectivity index (χ2n) is 8.11. The van der Waals surface area contributed by atoms with Gasteiger partial charge in [-0.3, -0.25) is 19.3 Å². The monoisotopic (exact) mass is 435 g/mol. The second kappa shape index (κ2) is 8.82. The predicted molar refractivity (Wildman–Crippen MR) is 118 cm³/mol. The Kier molecular flexibility index (Phi) is 5.94. The van der Waals surface area contributed by atoms with Gasteiger partial charge in [0.25, 0.3) is 17.7 Å². The molecule has 0 bridgehead atoms. The highest BCUT2D eigenvalue weighted by Crippen LogP contribution is 2.45. The van der Waals surface area contributed by atoms with Gasteiger partial charge in [-0.2, -0.15) is 0 Å². The van der Waals surface area contributed by atoms with E-state index >= 15 is 0 Å². The number of rotatable bonds is 5. The van der Waals surface area contributed by atoms with Crippen molar-refractivity contribution in [2.75, 3.05) is 16.8 Å². The lowest BCUT2D eigenvalue weighted by atomic mass is 9.90. The van der Waals surface area contributed by atoms with Crippen molar-refractivity contribution in [3.05, 3.63) is 60.2 Å². The van der Waals surface area contributed by atoms with Gasteiger partial charge in [0, 0.05) is 5.56 Å². The maximum absolute atomic E-state index is 13.2. The van der Waals surface area contributed by atoms with Crippen LogP contribution in [0.25, 0.3) is 0 Å². The minimum Gasteiger partial charge on any atom is -0.454 e. The lowest BCUT2D eigenvalue weighted by molar-refractivity contribution is -0.149. The van der Waals surface area contributed by atoms with Crippen LogP contribution in [0.15, 0.2) is 54.6 Å². The molecule has 2 N–H and O–H groups in total. The summed E-state index contributed by atoms with van der Waals surface area (Å²) in [6.45, 7) is 0.976. The molecule has 1 aliphatic heterocycles. The number of carbonyl (C=O) groups excluding carboxylic acids is 4. The van der Waals surface area contributed by atoms with Crippen LogP contribution in [-0.4, -0.2) is 41.9 Å². The SMILES string of the molecule is C[C@H](NC(=O)c1ccccc1)C(=O)OCC(=O)N1c2ccccc2NC(=O)C12CCCC2. The standard InChI is InChI=1S/C24H25N3O5/c1-16(25-21(29)17-9-3-2-4-10-17)22(30)32-15-20(28)27-19-12-6-5-11-18(19)26-23(31)24(27)13-7-8-14-24/h2-6,9-12,16H,7-8,13-15H2,1H3,(H,25,29)(H,26,31)/t16-/m0/s1. The quantitative estimate of drug-likeness (QED) is 0.703. The van der Waals surface area contributed by atoms with E-state index in [1.165, 1.54) is 11.8 Å². The fraction of sp³-hybridized carbons (Fsp3) is 0.333. The summed E-state index contributed by atoms with van der Waals surface area (Å²) in [4.78, 5) is 52.3. The molecule has 0 unspecified atom stereocenters. The molecule has 8 heteroatoms. The third-order valence-corrected chi connectivity index (χ3v) is 6.00. The van der Waals surface area contributed by atoms with Crippen LogP contribution in [0.1, 0.15) is 43.0 Å². The first-order chi connectivity index (χ1) is 15.4. The Bertz CT molecular complexity index is 1050. The van der Waals surface area contributed by atoms with Crippen molar-refractivity contribution in [2.24, 2.45) is 0 Å². The Balaban J connectivity index is 1.45. The van der Waals surface area contributed by atoms with Crippen molar-refractivity contribution < 1.29 is 23.9 Å². The van der Waals surface area contributed by atoms with Crippen LogP contribution in [0.3, 0.4) is 0 Å². The molecule has 1 atom stereocenters. The number of hydrogen-bond acceptors (Lipinski definition) is 5. The normalized spacial score (nSPS) is 17.3. The van der Waals surface area contributed by atoms with Gasteiger partial charge in [-0.15, -0.1) is 0 Å². The molecule has 2 aromatic rings. The van der Waals surface area contributed by atoms with Gasteiger partial charge in [-0.25, -0.2) is 4.79 Å². The van der Waals surface area contributed by atoms with Crippen LogP contribution in [-0.2, 0) is 19.1 Å². The molecule has 32 heavy (non-hydrogen) atoms. The molecule has 1 saturated carbocycles. The van der Waals surface area contributed by atoms with E-state index in [1.54, 1.807) is 54.6 Å². The lowest BCUT2D eigenvalue weighted by Crippen LogP contribution is -2.61. The second-order valence-corrected chi connectivity index (χ2v) is 8.11. The molecule has 1 aliphatic carbocycles. The zero-order valence-corrected chi connectivity index (χ0v) is 17.8. The molecule has 166 valence electrons. The van der Waals surface area contributed by atoms with Crippen LogP contribution in [0.2, 0.25) is 0 Å². The van der Waals surface area contributed by atoms with E-state index in [0.29, 0.717) is 29.8 Å². The van der Waals surface area contributed by atoms with Crippen molar-refractivity contribution in [3.63, 3.8) is 0 Å². The van der Waals surface area contributed by atoms with Crippen molar-refractivity contribution in [1.29, 1.82) is 0 Å². The Hall–Kier alpha value is -3.68. The Labute approximate surface area is 185 Å². The van der Waals surface area contributed by atoms with Crippen molar-refractivity contribution in [2.45, 2.75) is 44.2 Å². The number of esters is 1. The van der Waals surface area contributed by atoms with Crippen LogP contribution in [0, 0.1) is 0 Å². The van der Waals surface area contributed by atoms with Gasteiger partial charge in [0.2, 0.25) is 0 Å². The molecule has 0 aromatic heterocycles. The van der Waals surface area contributed by atoms with E-state index in [1.807, 2.05) is 0 Å². The summed E-state index contributed by atoms with van der Waals surface area (Å²) < 4.78 is 5.23. The maximum atomic E-state index is 13.2. The Morgan fingerprint density at radius 1 is 1.06 bits per heavy atom. The summed E-state index contributed by atoms with van der Waals surface area (Å²) >= 11 is 0. The van der Waals surface area contributed by atoms with Crippen molar-refractivity contribution >= 4 is 35.1 Å². The molecule has 4 rings (SSSR count). The van der Waals surface area contributed by atoms with Crippen LogP contribution >= 0.6 is 0 Å². The summed E-state index contributed by atoms with van der Waals surface area (Å²) in [5.41, 5.74) is 0.603. The van der Waals surface area contributed by atoms with Crippen LogP contribution in [0.4, 0.5) is 11.4 Å². The van der Waals surface area contributed by atoms with Gasteiger partial charge in [-0.1, -0.05) is 43.2 Å². The third-order valence-electron chi connectivity index (χ3n) is 6.00. The average Bonchev–Trinajstić information content (AvgIpc) is 3.29. The van der Waals surface area contributed by atoms with E-state index in [-0.39, 0.29) is 5.91 Å². The highest BCUT2D eigenvalue weighted by atomic mass is 16.5. The van der Waals surface area contributed by atoms with Gasteiger partial charge in [0.15, 0.2) is 6.61 Å². The van der Waals surface area contributed by atoms with Crippen LogP contribution < -0.4 is 15.5 Å². The summed E-state index contributed by atoms with van der Waals surface area (Å²) in [5, 5.41) is 5.48. The number of nitrogens with one attached hydrogen (secondary N) is 2. The minimum absolute atomic E-state index is 0.211. The molecule has 2 aliphatic rings. The summed E-state index contributed by atoms with van der Waals surface area (Å²) in [5.74, 6) is -1.81. The Morgan fingerprint density at radius 2 is 1.72 bits per heavy atom. The number of hydrogen-bond donors (Lipinski definition) is 2. The molecular formula is C24H25N3O5. The summed E-state index contributed by atoms with van der Waals surface area (Å²) in [7, 11) is 0. The first-order valence-corrected chi connectivity index (χ1v) is 10.7. The van der Waals surface area contributed by atoms with Crippen LogP contribution in [0.5, 0.6) is 0 Å². The number of amides is 3. The number of carbonyl (C=O) groups is 4. The molecule has 8 nitrogen and oxygen atoms in total. The molecule has 1 spiro atoms. The molecule has 1 heterocycles. The van der Waals surface area contributed by atoms with Crippen molar-refractivity contribution in [1.82, 2.24) is 5.32 Å². The maximum Gasteiger partial charge on any atom is 0.328 e.